The van der Waals surface area contributed by atoms with Gasteiger partial charge in [-0.25, -0.2) is 0 Å². The third-order valence-electron chi connectivity index (χ3n) is 2.30. The van der Waals surface area contributed by atoms with Crippen LogP contribution in [0.1, 0.15) is 31.7 Å². The highest BCUT2D eigenvalue weighted by atomic mass is 35.5. The number of hydrogen-bond acceptors (Lipinski definition) is 1. The van der Waals surface area contributed by atoms with Crippen LogP contribution in [0.4, 0.5) is 8.78 Å². The molecule has 1 nitrogen and oxygen atoms in total. The van der Waals surface area contributed by atoms with E-state index in [0.717, 1.165) is 12.0 Å². The molecule has 1 rings (SSSR count). The predicted molar refractivity (Wildman–Crippen MR) is 56.6 cm³/mol. The van der Waals surface area contributed by atoms with E-state index in [4.69, 9.17) is 0 Å². The lowest BCUT2D eigenvalue weighted by Gasteiger charge is -2.12. The van der Waals surface area contributed by atoms with Crippen LogP contribution in [0, 0.1) is 0 Å². The van der Waals surface area contributed by atoms with Crippen LogP contribution in [0.25, 0.3) is 0 Å². The van der Waals surface area contributed by atoms with Gasteiger partial charge in [-0.3, -0.25) is 0 Å². The first-order valence-corrected chi connectivity index (χ1v) is 5.16. The van der Waals surface area contributed by atoms with E-state index in [-0.39, 0.29) is 5.75 Å². The molecule has 0 aromatic heterocycles. The van der Waals surface area contributed by atoms with Crippen LogP contribution in [0.5, 0.6) is 5.75 Å². The normalized spacial score (nSPS) is 13.7. The zero-order chi connectivity index (χ0) is 11.5. The molecule has 0 aliphatic carbocycles. The van der Waals surface area contributed by atoms with Crippen LogP contribution < -0.4 is 4.74 Å². The Bertz CT molecular complexity index is 305. The molecule has 1 unspecified atom stereocenters. The Kier molecular flexibility index (Phi) is 3.91. The van der Waals surface area contributed by atoms with E-state index in [1.165, 1.54) is 12.1 Å². The molecule has 0 bridgehead atoms. The van der Waals surface area contributed by atoms with Gasteiger partial charge in [0.25, 0.3) is 0 Å². The molecule has 0 radical (unpaired) electrons. The van der Waals surface area contributed by atoms with Crippen molar-refractivity contribution in [3.05, 3.63) is 29.8 Å². The second-order valence-corrected chi connectivity index (χ2v) is 3.87. The molecule has 0 N–H and O–H groups in total. The van der Waals surface area contributed by atoms with E-state index in [1.807, 2.05) is 0 Å². The minimum Gasteiger partial charge on any atom is -0.420 e. The monoisotopic (exact) mass is 234 g/mol. The molecule has 84 valence electrons. The fourth-order valence-electron chi connectivity index (χ4n) is 1.23. The Morgan fingerprint density at radius 2 is 1.87 bits per heavy atom. The maximum absolute atomic E-state index is 12.3. The number of hydrogen-bond donors (Lipinski definition) is 0. The fraction of sp³-hybridized carbons (Fsp3) is 0.455. The van der Waals surface area contributed by atoms with E-state index in [0.29, 0.717) is 5.92 Å². The molecule has 0 saturated carbocycles. The van der Waals surface area contributed by atoms with Crippen molar-refractivity contribution < 1.29 is 13.5 Å². The minimum absolute atomic E-state index is 0.0713. The summed E-state index contributed by atoms with van der Waals surface area (Å²) in [7, 11) is 0. The van der Waals surface area contributed by atoms with E-state index >= 15 is 0 Å². The summed E-state index contributed by atoms with van der Waals surface area (Å²) in [5.41, 5.74) is -2.54. The first kappa shape index (κ1) is 12.2. The maximum atomic E-state index is 12.3. The summed E-state index contributed by atoms with van der Waals surface area (Å²) in [6, 6.07) is 6.54. The van der Waals surface area contributed by atoms with Crippen molar-refractivity contribution in [2.75, 3.05) is 0 Å². The lowest BCUT2D eigenvalue weighted by molar-refractivity contribution is -0.0964. The third kappa shape index (κ3) is 4.04. The highest BCUT2D eigenvalue weighted by Crippen LogP contribution is 2.27. The van der Waals surface area contributed by atoms with E-state index in [2.05, 4.69) is 30.2 Å². The quantitative estimate of drug-likeness (QED) is 0.703. The lowest BCUT2D eigenvalue weighted by Crippen LogP contribution is -2.15. The Morgan fingerprint density at radius 3 is 2.27 bits per heavy atom. The molecule has 1 atom stereocenters. The molecule has 0 aliphatic rings. The summed E-state index contributed by atoms with van der Waals surface area (Å²) in [5, 5.41) is 0. The highest BCUT2D eigenvalue weighted by molar-refractivity contribution is 6.20. The molecule has 0 saturated heterocycles. The van der Waals surface area contributed by atoms with Gasteiger partial charge in [-0.15, -0.1) is 8.78 Å². The zero-order valence-electron chi connectivity index (χ0n) is 8.64. The molecule has 4 heteroatoms. The van der Waals surface area contributed by atoms with Gasteiger partial charge in [0, 0.05) is 11.6 Å². The molecule has 15 heavy (non-hydrogen) atoms. The number of alkyl halides is 3. The van der Waals surface area contributed by atoms with Crippen molar-refractivity contribution in [3.8, 4) is 5.75 Å². The van der Waals surface area contributed by atoms with Crippen molar-refractivity contribution in [1.82, 2.24) is 0 Å². The Hall–Kier alpha value is -0.830. The minimum atomic E-state index is -3.64. The summed E-state index contributed by atoms with van der Waals surface area (Å²) in [6.45, 7) is 4.15. The van der Waals surface area contributed by atoms with Crippen molar-refractivity contribution >= 4 is 11.6 Å². The van der Waals surface area contributed by atoms with Crippen molar-refractivity contribution in [2.24, 2.45) is 0 Å². The molecule has 1 aromatic rings. The van der Waals surface area contributed by atoms with Gasteiger partial charge in [0.15, 0.2) is 0 Å². The Morgan fingerprint density at radius 1 is 1.33 bits per heavy atom. The summed E-state index contributed by atoms with van der Waals surface area (Å²) in [6.07, 6.45) is 1.01. The van der Waals surface area contributed by atoms with Gasteiger partial charge in [0.1, 0.15) is 5.75 Å². The maximum Gasteiger partial charge on any atom is 0.487 e. The first-order valence-electron chi connectivity index (χ1n) is 4.78. The van der Waals surface area contributed by atoms with E-state index in [1.54, 1.807) is 12.1 Å². The summed E-state index contributed by atoms with van der Waals surface area (Å²) < 4.78 is 28.8. The third-order valence-corrected chi connectivity index (χ3v) is 2.37. The van der Waals surface area contributed by atoms with Crippen molar-refractivity contribution in [2.45, 2.75) is 31.8 Å². The van der Waals surface area contributed by atoms with Gasteiger partial charge in [0.05, 0.1) is 0 Å². The van der Waals surface area contributed by atoms with Gasteiger partial charge in [-0.1, -0.05) is 26.0 Å². The molecule has 1 aromatic carbocycles. The summed E-state index contributed by atoms with van der Waals surface area (Å²) in [5.74, 6) is 0.484. The number of halogens is 3. The summed E-state index contributed by atoms with van der Waals surface area (Å²) >= 11 is 4.64. The second-order valence-electron chi connectivity index (χ2n) is 3.43. The van der Waals surface area contributed by atoms with Crippen LogP contribution >= 0.6 is 11.6 Å². The largest absolute Gasteiger partial charge is 0.487 e. The number of ether oxygens (including phenoxy) is 1. The summed E-state index contributed by atoms with van der Waals surface area (Å²) in [4.78, 5) is 0. The average Bonchev–Trinajstić information content (AvgIpc) is 2.15. The molecule has 0 aliphatic heterocycles. The van der Waals surface area contributed by atoms with Gasteiger partial charge in [-0.05, 0) is 30.0 Å². The molecule has 0 heterocycles. The van der Waals surface area contributed by atoms with Gasteiger partial charge < -0.3 is 4.74 Å². The van der Waals surface area contributed by atoms with E-state index < -0.39 is 5.57 Å². The zero-order valence-corrected chi connectivity index (χ0v) is 9.39. The first-order chi connectivity index (χ1) is 6.92. The average molecular weight is 235 g/mol. The van der Waals surface area contributed by atoms with Gasteiger partial charge in [-0.2, -0.15) is 0 Å². The molecule has 0 amide bonds. The Balaban J connectivity index is 2.72. The second kappa shape index (κ2) is 4.79. The predicted octanol–water partition coefficient (Wildman–Crippen LogP) is 4.37. The fourth-order valence-corrected chi connectivity index (χ4v) is 1.32. The van der Waals surface area contributed by atoms with Gasteiger partial charge in [0.2, 0.25) is 0 Å². The van der Waals surface area contributed by atoms with Crippen LogP contribution in [-0.4, -0.2) is 5.57 Å². The van der Waals surface area contributed by atoms with Crippen LogP contribution in [-0.2, 0) is 0 Å². The van der Waals surface area contributed by atoms with E-state index in [9.17, 15) is 8.78 Å². The SMILES string of the molecule is CCC(C)c1ccc(OC(F)(F)Cl)cc1. The lowest BCUT2D eigenvalue weighted by atomic mass is 9.99. The standard InChI is InChI=1S/C11H13ClF2O/c1-3-8(2)9-4-6-10(7-5-9)15-11(12,13)14/h4-8H,3H2,1-2H3. The molecular weight excluding hydrogens is 222 g/mol. The molecular formula is C11H13ClF2O. The van der Waals surface area contributed by atoms with Crippen molar-refractivity contribution in [3.63, 3.8) is 0 Å². The highest BCUT2D eigenvalue weighted by Gasteiger charge is 2.27. The van der Waals surface area contributed by atoms with Gasteiger partial charge >= 0.3 is 5.57 Å². The van der Waals surface area contributed by atoms with Crippen molar-refractivity contribution in [1.29, 1.82) is 0 Å². The topological polar surface area (TPSA) is 9.23 Å². The number of rotatable bonds is 4. The molecule has 0 fully saturated rings. The number of benzene rings is 1. The van der Waals surface area contributed by atoms with Crippen LogP contribution in [0.3, 0.4) is 0 Å². The Labute approximate surface area is 93.0 Å². The smallest absolute Gasteiger partial charge is 0.420 e. The molecule has 0 spiro atoms. The van der Waals surface area contributed by atoms with Crippen LogP contribution in [0.15, 0.2) is 24.3 Å². The van der Waals surface area contributed by atoms with Crippen LogP contribution in [0.2, 0.25) is 0 Å².